The van der Waals surface area contributed by atoms with Gasteiger partial charge in [-0.2, -0.15) is 0 Å². The summed E-state index contributed by atoms with van der Waals surface area (Å²) in [6.45, 7) is 4.06. The quantitative estimate of drug-likeness (QED) is 0.758. The summed E-state index contributed by atoms with van der Waals surface area (Å²) in [5, 5.41) is 12.6. The summed E-state index contributed by atoms with van der Waals surface area (Å²) in [6.07, 6.45) is 0. The van der Waals surface area contributed by atoms with Gasteiger partial charge in [0.2, 0.25) is 0 Å². The molecule has 2 aromatic heterocycles. The third kappa shape index (κ3) is 1.85. The van der Waals surface area contributed by atoms with E-state index in [0.29, 0.717) is 0 Å². The Balaban J connectivity index is 2.18. The minimum atomic E-state index is 0.761. The van der Waals surface area contributed by atoms with Crippen LogP contribution in [0.1, 0.15) is 11.1 Å². The number of hydrogen-bond donors (Lipinski definition) is 1. The van der Waals surface area contributed by atoms with Crippen LogP contribution in [0.15, 0.2) is 34.7 Å². The zero-order valence-electron chi connectivity index (χ0n) is 11.2. The van der Waals surface area contributed by atoms with Crippen molar-refractivity contribution in [1.82, 2.24) is 10.2 Å². The van der Waals surface area contributed by atoms with Crippen molar-refractivity contribution >= 4 is 16.8 Å². The molecule has 1 N–H and O–H groups in total. The van der Waals surface area contributed by atoms with Gasteiger partial charge in [-0.25, -0.2) is 0 Å². The standard InChI is InChI=1S/C15H15N3O/c1-9-10(2)15(16-3)18-17-14(9)13-8-11-6-4-5-7-12(11)19-13/h4-8H,1-3H3,(H,16,18). The van der Waals surface area contributed by atoms with Crippen LogP contribution in [0.3, 0.4) is 0 Å². The highest BCUT2D eigenvalue weighted by atomic mass is 16.3. The first-order valence-corrected chi connectivity index (χ1v) is 6.21. The Morgan fingerprint density at radius 2 is 1.84 bits per heavy atom. The van der Waals surface area contributed by atoms with Gasteiger partial charge in [0, 0.05) is 12.4 Å². The number of nitrogens with one attached hydrogen (secondary N) is 1. The molecule has 0 saturated carbocycles. The van der Waals surface area contributed by atoms with E-state index in [-0.39, 0.29) is 0 Å². The van der Waals surface area contributed by atoms with Crippen molar-refractivity contribution in [1.29, 1.82) is 0 Å². The van der Waals surface area contributed by atoms with E-state index in [1.807, 2.05) is 51.2 Å². The Labute approximate surface area is 111 Å². The van der Waals surface area contributed by atoms with E-state index >= 15 is 0 Å². The summed E-state index contributed by atoms with van der Waals surface area (Å²) < 4.78 is 5.84. The molecule has 0 aliphatic carbocycles. The Hall–Kier alpha value is -2.36. The summed E-state index contributed by atoms with van der Waals surface area (Å²) in [5.74, 6) is 1.56. The molecule has 0 aliphatic heterocycles. The van der Waals surface area contributed by atoms with Crippen LogP contribution >= 0.6 is 0 Å². The number of aromatic nitrogens is 2. The molecule has 0 aliphatic rings. The molecule has 0 saturated heterocycles. The molecule has 19 heavy (non-hydrogen) atoms. The molecule has 0 bridgehead atoms. The van der Waals surface area contributed by atoms with Crippen LogP contribution in [0.2, 0.25) is 0 Å². The van der Waals surface area contributed by atoms with Gasteiger partial charge in [0.1, 0.15) is 11.3 Å². The monoisotopic (exact) mass is 253 g/mol. The van der Waals surface area contributed by atoms with Crippen molar-refractivity contribution < 1.29 is 4.42 Å². The Morgan fingerprint density at radius 3 is 2.58 bits per heavy atom. The van der Waals surface area contributed by atoms with E-state index in [2.05, 4.69) is 15.5 Å². The fourth-order valence-corrected chi connectivity index (χ4v) is 2.18. The Bertz CT molecular complexity index is 713. The molecule has 0 unspecified atom stereocenters. The van der Waals surface area contributed by atoms with Crippen LogP contribution < -0.4 is 5.32 Å². The highest BCUT2D eigenvalue weighted by molar-refractivity contribution is 5.82. The van der Waals surface area contributed by atoms with E-state index in [4.69, 9.17) is 4.42 Å². The molecule has 0 spiro atoms. The summed E-state index contributed by atoms with van der Waals surface area (Å²) >= 11 is 0. The van der Waals surface area contributed by atoms with Gasteiger partial charge in [-0.15, -0.1) is 10.2 Å². The van der Waals surface area contributed by atoms with Gasteiger partial charge >= 0.3 is 0 Å². The molecule has 4 nitrogen and oxygen atoms in total. The Morgan fingerprint density at radius 1 is 1.05 bits per heavy atom. The largest absolute Gasteiger partial charge is 0.454 e. The molecule has 0 radical (unpaired) electrons. The van der Waals surface area contributed by atoms with Crippen LogP contribution in [0.25, 0.3) is 22.4 Å². The van der Waals surface area contributed by atoms with E-state index < -0.39 is 0 Å². The maximum atomic E-state index is 5.84. The molecule has 1 aromatic carbocycles. The number of benzene rings is 1. The molecule has 3 rings (SSSR count). The maximum Gasteiger partial charge on any atom is 0.155 e. The SMILES string of the molecule is CNc1nnc(-c2cc3ccccc3o2)c(C)c1C. The summed E-state index contributed by atoms with van der Waals surface area (Å²) in [4.78, 5) is 0. The molecule has 3 aromatic rings. The predicted octanol–water partition coefficient (Wildman–Crippen LogP) is 3.55. The van der Waals surface area contributed by atoms with Crippen LogP contribution in [0, 0.1) is 13.8 Å². The predicted molar refractivity (Wildman–Crippen MR) is 76.3 cm³/mol. The Kier molecular flexibility index (Phi) is 2.71. The van der Waals surface area contributed by atoms with Crippen molar-refractivity contribution in [3.8, 4) is 11.5 Å². The van der Waals surface area contributed by atoms with Gasteiger partial charge in [0.25, 0.3) is 0 Å². The van der Waals surface area contributed by atoms with Crippen LogP contribution in [-0.2, 0) is 0 Å². The van der Waals surface area contributed by atoms with Crippen molar-refractivity contribution in [2.45, 2.75) is 13.8 Å². The summed E-state index contributed by atoms with van der Waals surface area (Å²) in [6, 6.07) is 9.94. The molecule has 0 atom stereocenters. The van der Waals surface area contributed by atoms with Crippen molar-refractivity contribution in [3.05, 3.63) is 41.5 Å². The lowest BCUT2D eigenvalue weighted by Gasteiger charge is -2.08. The lowest BCUT2D eigenvalue weighted by molar-refractivity contribution is 0.626. The molecular formula is C15H15N3O. The molecule has 4 heteroatoms. The lowest BCUT2D eigenvalue weighted by atomic mass is 10.1. The van der Waals surface area contributed by atoms with Crippen LogP contribution in [-0.4, -0.2) is 17.2 Å². The highest BCUT2D eigenvalue weighted by Gasteiger charge is 2.14. The summed E-state index contributed by atoms with van der Waals surface area (Å²) in [7, 11) is 1.84. The fraction of sp³-hybridized carbons (Fsp3) is 0.200. The minimum Gasteiger partial charge on any atom is -0.454 e. The molecule has 0 fully saturated rings. The van der Waals surface area contributed by atoms with Crippen molar-refractivity contribution in [2.75, 3.05) is 12.4 Å². The zero-order valence-corrected chi connectivity index (χ0v) is 11.2. The second kappa shape index (κ2) is 4.39. The number of furan rings is 1. The number of rotatable bonds is 2. The normalized spacial score (nSPS) is 10.9. The van der Waals surface area contributed by atoms with Gasteiger partial charge in [0.15, 0.2) is 11.6 Å². The summed E-state index contributed by atoms with van der Waals surface area (Å²) in [5.41, 5.74) is 3.84. The second-order valence-corrected chi connectivity index (χ2v) is 4.55. The number of hydrogen-bond acceptors (Lipinski definition) is 4. The van der Waals surface area contributed by atoms with Gasteiger partial charge in [-0.1, -0.05) is 18.2 Å². The second-order valence-electron chi connectivity index (χ2n) is 4.55. The van der Waals surface area contributed by atoms with E-state index in [9.17, 15) is 0 Å². The lowest BCUT2D eigenvalue weighted by Crippen LogP contribution is -2.02. The van der Waals surface area contributed by atoms with Crippen LogP contribution in [0.5, 0.6) is 0 Å². The number of anilines is 1. The van der Waals surface area contributed by atoms with Gasteiger partial charge in [0.05, 0.1) is 0 Å². The molecular weight excluding hydrogens is 238 g/mol. The van der Waals surface area contributed by atoms with Gasteiger partial charge in [-0.3, -0.25) is 0 Å². The first-order chi connectivity index (χ1) is 9.20. The third-order valence-corrected chi connectivity index (χ3v) is 3.42. The average molecular weight is 253 g/mol. The first kappa shape index (κ1) is 11.7. The zero-order chi connectivity index (χ0) is 13.4. The molecule has 96 valence electrons. The van der Waals surface area contributed by atoms with E-state index in [0.717, 1.165) is 39.4 Å². The van der Waals surface area contributed by atoms with Crippen LogP contribution in [0.4, 0.5) is 5.82 Å². The third-order valence-electron chi connectivity index (χ3n) is 3.42. The average Bonchev–Trinajstić information content (AvgIpc) is 2.85. The topological polar surface area (TPSA) is 51.0 Å². The first-order valence-electron chi connectivity index (χ1n) is 6.21. The van der Waals surface area contributed by atoms with E-state index in [1.54, 1.807) is 0 Å². The molecule has 0 amide bonds. The van der Waals surface area contributed by atoms with Crippen molar-refractivity contribution in [3.63, 3.8) is 0 Å². The van der Waals surface area contributed by atoms with Crippen molar-refractivity contribution in [2.24, 2.45) is 0 Å². The number of para-hydroxylation sites is 1. The molecule has 2 heterocycles. The van der Waals surface area contributed by atoms with Gasteiger partial charge < -0.3 is 9.73 Å². The number of nitrogens with zero attached hydrogens (tertiary/aromatic N) is 2. The van der Waals surface area contributed by atoms with E-state index in [1.165, 1.54) is 0 Å². The minimum absolute atomic E-state index is 0.761. The number of fused-ring (bicyclic) bond motifs is 1. The maximum absolute atomic E-state index is 5.84. The highest BCUT2D eigenvalue weighted by Crippen LogP contribution is 2.30. The fourth-order valence-electron chi connectivity index (χ4n) is 2.18. The van der Waals surface area contributed by atoms with Gasteiger partial charge in [-0.05, 0) is 37.1 Å². The smallest absolute Gasteiger partial charge is 0.155 e.